The minimum absolute atomic E-state index is 0.118. The van der Waals surface area contributed by atoms with Crippen molar-refractivity contribution in [1.82, 2.24) is 10.2 Å². The molecule has 0 bridgehead atoms. The average molecular weight is 427 g/mol. The Kier molecular flexibility index (Phi) is 8.78. The number of rotatable bonds is 7. The van der Waals surface area contributed by atoms with Crippen LogP contribution in [0.15, 0.2) is 28.7 Å². The van der Waals surface area contributed by atoms with Crippen LogP contribution < -0.4 is 5.32 Å². The Morgan fingerprint density at radius 3 is 2.08 bits per heavy atom. The molecule has 1 aromatic carbocycles. The summed E-state index contributed by atoms with van der Waals surface area (Å²) in [6.45, 7) is 7.38. The lowest BCUT2D eigenvalue weighted by Crippen LogP contribution is -2.53. The van der Waals surface area contributed by atoms with Gasteiger partial charge in [0.05, 0.1) is 7.11 Å². The van der Waals surface area contributed by atoms with Crippen molar-refractivity contribution >= 4 is 33.7 Å². The zero-order chi connectivity index (χ0) is 19.9. The van der Waals surface area contributed by atoms with Gasteiger partial charge in [0.1, 0.15) is 6.04 Å². The number of halogens is 1. The van der Waals surface area contributed by atoms with Crippen LogP contribution >= 0.6 is 15.9 Å². The number of hydrogen-bond acceptors (Lipinski definition) is 4. The van der Waals surface area contributed by atoms with Crippen LogP contribution in [0.1, 0.15) is 39.7 Å². The Labute approximate surface area is 163 Å². The van der Waals surface area contributed by atoms with Crippen molar-refractivity contribution in [3.8, 4) is 0 Å². The van der Waals surface area contributed by atoms with Crippen LogP contribution in [0.5, 0.6) is 0 Å². The molecule has 144 valence electrons. The third-order valence-corrected chi connectivity index (χ3v) is 4.50. The maximum absolute atomic E-state index is 12.4. The number of methoxy groups -OCH3 is 1. The van der Waals surface area contributed by atoms with Gasteiger partial charge in [-0.25, -0.2) is 4.79 Å². The standard InChI is InChI=1S/C19H27BrN2O4/c1-12(2)22(13(3)4)18(24)17(23)21-16(19(25)26-5)11-8-14-6-9-15(20)10-7-14/h6-7,9-10,12-13,16H,8,11H2,1-5H3,(H,21,23). The number of hydrogen-bond donors (Lipinski definition) is 1. The van der Waals surface area contributed by atoms with Crippen molar-refractivity contribution < 1.29 is 19.1 Å². The molecule has 7 heteroatoms. The van der Waals surface area contributed by atoms with Crippen molar-refractivity contribution in [3.63, 3.8) is 0 Å². The molecule has 1 unspecified atom stereocenters. The van der Waals surface area contributed by atoms with E-state index in [1.807, 2.05) is 52.0 Å². The van der Waals surface area contributed by atoms with Gasteiger partial charge in [0, 0.05) is 16.6 Å². The molecule has 1 rings (SSSR count). The third kappa shape index (κ3) is 6.44. The number of carbonyl (C=O) groups is 3. The largest absolute Gasteiger partial charge is 0.467 e. The molecule has 0 aliphatic carbocycles. The fourth-order valence-electron chi connectivity index (χ4n) is 2.76. The molecule has 0 heterocycles. The van der Waals surface area contributed by atoms with Crippen molar-refractivity contribution in [1.29, 1.82) is 0 Å². The number of aryl methyl sites for hydroxylation is 1. The van der Waals surface area contributed by atoms with Gasteiger partial charge in [-0.2, -0.15) is 0 Å². The van der Waals surface area contributed by atoms with Gasteiger partial charge in [-0.3, -0.25) is 9.59 Å². The molecule has 0 fully saturated rings. The van der Waals surface area contributed by atoms with Gasteiger partial charge in [-0.15, -0.1) is 0 Å². The summed E-state index contributed by atoms with van der Waals surface area (Å²) in [5.74, 6) is -2.00. The van der Waals surface area contributed by atoms with Gasteiger partial charge in [0.25, 0.3) is 0 Å². The lowest BCUT2D eigenvalue weighted by atomic mass is 10.1. The normalized spacial score (nSPS) is 12.0. The van der Waals surface area contributed by atoms with Crippen molar-refractivity contribution in [2.75, 3.05) is 7.11 Å². The summed E-state index contributed by atoms with van der Waals surface area (Å²) in [7, 11) is 1.26. The van der Waals surface area contributed by atoms with E-state index in [9.17, 15) is 14.4 Å². The van der Waals surface area contributed by atoms with Crippen LogP contribution in [-0.2, 0) is 25.5 Å². The molecular formula is C19H27BrN2O4. The fourth-order valence-corrected chi connectivity index (χ4v) is 3.02. The van der Waals surface area contributed by atoms with Gasteiger partial charge in [0.15, 0.2) is 0 Å². The molecule has 0 radical (unpaired) electrons. The first-order chi connectivity index (χ1) is 12.2. The molecule has 26 heavy (non-hydrogen) atoms. The molecule has 0 aromatic heterocycles. The Hall–Kier alpha value is -1.89. The van der Waals surface area contributed by atoms with Crippen molar-refractivity contribution in [2.24, 2.45) is 0 Å². The van der Waals surface area contributed by atoms with Crippen LogP contribution in [0, 0.1) is 0 Å². The van der Waals surface area contributed by atoms with Gasteiger partial charge in [-0.1, -0.05) is 28.1 Å². The molecule has 2 amide bonds. The Bertz CT molecular complexity index is 621. The monoisotopic (exact) mass is 426 g/mol. The number of nitrogens with one attached hydrogen (secondary N) is 1. The van der Waals surface area contributed by atoms with E-state index >= 15 is 0 Å². The highest BCUT2D eigenvalue weighted by molar-refractivity contribution is 9.10. The van der Waals surface area contributed by atoms with Gasteiger partial charge in [-0.05, 0) is 58.2 Å². The predicted octanol–water partition coefficient (Wildman–Crippen LogP) is 2.68. The highest BCUT2D eigenvalue weighted by atomic mass is 79.9. The summed E-state index contributed by atoms with van der Waals surface area (Å²) in [6, 6.07) is 6.58. The zero-order valence-electron chi connectivity index (χ0n) is 15.9. The molecule has 1 aromatic rings. The molecule has 0 aliphatic heterocycles. The van der Waals surface area contributed by atoms with Crippen LogP contribution in [-0.4, -0.2) is 47.9 Å². The van der Waals surface area contributed by atoms with E-state index in [1.165, 1.54) is 12.0 Å². The number of amides is 2. The minimum atomic E-state index is -0.874. The molecule has 6 nitrogen and oxygen atoms in total. The second kappa shape index (κ2) is 10.3. The van der Waals surface area contributed by atoms with Gasteiger partial charge < -0.3 is 15.0 Å². The number of ether oxygens (including phenoxy) is 1. The highest BCUT2D eigenvalue weighted by Gasteiger charge is 2.30. The quantitative estimate of drug-likeness (QED) is 0.536. The summed E-state index contributed by atoms with van der Waals surface area (Å²) in [4.78, 5) is 38.3. The van der Waals surface area contributed by atoms with Crippen molar-refractivity contribution in [3.05, 3.63) is 34.3 Å². The van der Waals surface area contributed by atoms with Crippen LogP contribution in [0.25, 0.3) is 0 Å². The second-order valence-electron chi connectivity index (χ2n) is 6.61. The second-order valence-corrected chi connectivity index (χ2v) is 7.53. The van der Waals surface area contributed by atoms with E-state index in [2.05, 4.69) is 21.2 Å². The maximum atomic E-state index is 12.4. The number of carbonyl (C=O) groups excluding carboxylic acids is 3. The lowest BCUT2D eigenvalue weighted by Gasteiger charge is -2.30. The molecule has 1 N–H and O–H groups in total. The zero-order valence-corrected chi connectivity index (χ0v) is 17.5. The molecular weight excluding hydrogens is 400 g/mol. The SMILES string of the molecule is COC(=O)C(CCc1ccc(Br)cc1)NC(=O)C(=O)N(C(C)C)C(C)C. The third-order valence-electron chi connectivity index (χ3n) is 3.97. The first-order valence-electron chi connectivity index (χ1n) is 8.62. The van der Waals surface area contributed by atoms with Gasteiger partial charge >= 0.3 is 17.8 Å². The fraction of sp³-hybridized carbons (Fsp3) is 0.526. The number of benzene rings is 1. The molecule has 0 aliphatic rings. The van der Waals surface area contributed by atoms with Crippen molar-refractivity contribution in [2.45, 2.75) is 58.7 Å². The smallest absolute Gasteiger partial charge is 0.328 e. The Morgan fingerprint density at radius 2 is 1.62 bits per heavy atom. The first kappa shape index (κ1) is 22.2. The predicted molar refractivity (Wildman–Crippen MR) is 104 cm³/mol. The Morgan fingerprint density at radius 1 is 1.08 bits per heavy atom. The Balaban J connectivity index is 2.80. The number of nitrogens with zero attached hydrogens (tertiary/aromatic N) is 1. The summed E-state index contributed by atoms with van der Waals surface area (Å²) in [5, 5.41) is 2.53. The highest BCUT2D eigenvalue weighted by Crippen LogP contribution is 2.13. The van der Waals surface area contributed by atoms with E-state index < -0.39 is 23.8 Å². The topological polar surface area (TPSA) is 75.7 Å². The summed E-state index contributed by atoms with van der Waals surface area (Å²) in [6.07, 6.45) is 0.913. The number of esters is 1. The molecule has 1 atom stereocenters. The van der Waals surface area contributed by atoms with Crippen LogP contribution in [0.3, 0.4) is 0 Å². The van der Waals surface area contributed by atoms with E-state index in [1.54, 1.807) is 0 Å². The van der Waals surface area contributed by atoms with Crippen LogP contribution in [0.4, 0.5) is 0 Å². The van der Waals surface area contributed by atoms with E-state index in [-0.39, 0.29) is 12.1 Å². The minimum Gasteiger partial charge on any atom is -0.467 e. The first-order valence-corrected chi connectivity index (χ1v) is 9.42. The molecule has 0 saturated carbocycles. The maximum Gasteiger partial charge on any atom is 0.328 e. The van der Waals surface area contributed by atoms with E-state index in [0.717, 1.165) is 10.0 Å². The lowest BCUT2D eigenvalue weighted by molar-refractivity contribution is -0.151. The molecule has 0 spiro atoms. The average Bonchev–Trinajstić information content (AvgIpc) is 2.58. The van der Waals surface area contributed by atoms with E-state index in [4.69, 9.17) is 4.74 Å². The van der Waals surface area contributed by atoms with E-state index in [0.29, 0.717) is 12.8 Å². The molecule has 0 saturated heterocycles. The van der Waals surface area contributed by atoms with Crippen LogP contribution in [0.2, 0.25) is 0 Å². The van der Waals surface area contributed by atoms with Gasteiger partial charge in [0.2, 0.25) is 0 Å². The summed E-state index contributed by atoms with van der Waals surface area (Å²) in [5.41, 5.74) is 1.02. The summed E-state index contributed by atoms with van der Waals surface area (Å²) < 4.78 is 5.73. The summed E-state index contributed by atoms with van der Waals surface area (Å²) >= 11 is 3.37.